The molecule has 70 valence electrons. The summed E-state index contributed by atoms with van der Waals surface area (Å²) in [5, 5.41) is 9.31. The highest BCUT2D eigenvalue weighted by molar-refractivity contribution is 7.80. The topological polar surface area (TPSA) is 20.2 Å². The van der Waals surface area contributed by atoms with Crippen LogP contribution in [0.4, 0.5) is 0 Å². The van der Waals surface area contributed by atoms with Gasteiger partial charge in [-0.2, -0.15) is 0 Å². The molecular weight excluding hydrogens is 180 g/mol. The Labute approximate surface area is 84.2 Å². The van der Waals surface area contributed by atoms with Crippen LogP contribution in [0.25, 0.3) is 0 Å². The molecule has 13 heavy (non-hydrogen) atoms. The molecule has 1 nitrogen and oxygen atoms in total. The second kappa shape index (κ2) is 3.62. The standard InChI is InChI=1S/C11H14OS/c12-10-6-5-9(7-11(10)13)8-3-1-2-4-8/h5-8,12-13H,1-4H2. The SMILES string of the molecule is Oc1ccc(C2CCCC2)cc1S. The van der Waals surface area contributed by atoms with Crippen LogP contribution in [-0.2, 0) is 0 Å². The Balaban J connectivity index is 2.25. The lowest BCUT2D eigenvalue weighted by atomic mass is 9.98. The third-order valence-electron chi connectivity index (χ3n) is 2.83. The number of hydrogen-bond donors (Lipinski definition) is 2. The number of phenols is 1. The van der Waals surface area contributed by atoms with Gasteiger partial charge < -0.3 is 5.11 Å². The zero-order valence-electron chi connectivity index (χ0n) is 7.53. The molecule has 0 aliphatic heterocycles. The van der Waals surface area contributed by atoms with Crippen molar-refractivity contribution in [2.45, 2.75) is 36.5 Å². The fourth-order valence-electron chi connectivity index (χ4n) is 2.05. The summed E-state index contributed by atoms with van der Waals surface area (Å²) >= 11 is 4.21. The monoisotopic (exact) mass is 194 g/mol. The van der Waals surface area contributed by atoms with E-state index < -0.39 is 0 Å². The minimum atomic E-state index is 0.282. The minimum absolute atomic E-state index is 0.282. The average Bonchev–Trinajstić information content (AvgIpc) is 2.62. The largest absolute Gasteiger partial charge is 0.507 e. The van der Waals surface area contributed by atoms with E-state index >= 15 is 0 Å². The van der Waals surface area contributed by atoms with E-state index in [0.717, 1.165) is 0 Å². The van der Waals surface area contributed by atoms with Crippen molar-refractivity contribution in [1.29, 1.82) is 0 Å². The summed E-state index contributed by atoms with van der Waals surface area (Å²) in [6, 6.07) is 5.76. The molecule has 1 saturated carbocycles. The third kappa shape index (κ3) is 1.83. The summed E-state index contributed by atoms with van der Waals surface area (Å²) in [6.45, 7) is 0. The number of phenolic OH excluding ortho intramolecular Hbond substituents is 1. The van der Waals surface area contributed by atoms with E-state index in [4.69, 9.17) is 0 Å². The maximum Gasteiger partial charge on any atom is 0.128 e. The average molecular weight is 194 g/mol. The van der Waals surface area contributed by atoms with Crippen molar-refractivity contribution < 1.29 is 5.11 Å². The van der Waals surface area contributed by atoms with Crippen molar-refractivity contribution in [2.24, 2.45) is 0 Å². The van der Waals surface area contributed by atoms with Gasteiger partial charge in [0.15, 0.2) is 0 Å². The molecule has 1 aliphatic carbocycles. The maximum absolute atomic E-state index is 9.31. The van der Waals surface area contributed by atoms with Gasteiger partial charge in [-0.05, 0) is 36.5 Å². The zero-order valence-corrected chi connectivity index (χ0v) is 8.43. The summed E-state index contributed by atoms with van der Waals surface area (Å²) in [7, 11) is 0. The van der Waals surface area contributed by atoms with Crippen LogP contribution < -0.4 is 0 Å². The van der Waals surface area contributed by atoms with Gasteiger partial charge >= 0.3 is 0 Å². The highest BCUT2D eigenvalue weighted by Crippen LogP contribution is 2.36. The van der Waals surface area contributed by atoms with Crippen molar-refractivity contribution in [3.63, 3.8) is 0 Å². The lowest BCUT2D eigenvalue weighted by molar-refractivity contribution is 0.462. The predicted molar refractivity (Wildman–Crippen MR) is 56.6 cm³/mol. The van der Waals surface area contributed by atoms with E-state index in [1.54, 1.807) is 6.07 Å². The van der Waals surface area contributed by atoms with Crippen molar-refractivity contribution in [3.8, 4) is 5.75 Å². The second-order valence-electron chi connectivity index (χ2n) is 3.73. The van der Waals surface area contributed by atoms with Gasteiger partial charge in [0.2, 0.25) is 0 Å². The molecule has 0 saturated heterocycles. The molecule has 2 heteroatoms. The van der Waals surface area contributed by atoms with Gasteiger partial charge in [-0.3, -0.25) is 0 Å². The Bertz CT molecular complexity index is 303. The summed E-state index contributed by atoms with van der Waals surface area (Å²) < 4.78 is 0. The molecule has 0 bridgehead atoms. The summed E-state index contributed by atoms with van der Waals surface area (Å²) in [6.07, 6.45) is 5.26. The van der Waals surface area contributed by atoms with Crippen molar-refractivity contribution in [1.82, 2.24) is 0 Å². The first kappa shape index (κ1) is 8.95. The number of rotatable bonds is 1. The Kier molecular flexibility index (Phi) is 2.49. The number of aromatic hydroxyl groups is 1. The van der Waals surface area contributed by atoms with E-state index in [-0.39, 0.29) is 5.75 Å². The van der Waals surface area contributed by atoms with Crippen LogP contribution in [0.3, 0.4) is 0 Å². The second-order valence-corrected chi connectivity index (χ2v) is 4.21. The molecule has 0 spiro atoms. The highest BCUT2D eigenvalue weighted by atomic mass is 32.1. The molecule has 0 radical (unpaired) electrons. The van der Waals surface area contributed by atoms with Crippen LogP contribution >= 0.6 is 12.6 Å². The summed E-state index contributed by atoms with van der Waals surface area (Å²) in [5.74, 6) is 0.983. The van der Waals surface area contributed by atoms with Gasteiger partial charge in [-0.1, -0.05) is 18.9 Å². The molecule has 1 aromatic carbocycles. The fourth-order valence-corrected chi connectivity index (χ4v) is 2.28. The van der Waals surface area contributed by atoms with E-state index in [0.29, 0.717) is 10.8 Å². The Morgan fingerprint density at radius 1 is 1.23 bits per heavy atom. The van der Waals surface area contributed by atoms with Crippen molar-refractivity contribution >= 4 is 12.6 Å². The van der Waals surface area contributed by atoms with Crippen LogP contribution in [0, 0.1) is 0 Å². The smallest absolute Gasteiger partial charge is 0.128 e. The first-order chi connectivity index (χ1) is 6.27. The lowest BCUT2D eigenvalue weighted by Crippen LogP contribution is -1.91. The quantitative estimate of drug-likeness (QED) is 0.657. The van der Waals surface area contributed by atoms with Crippen molar-refractivity contribution in [2.75, 3.05) is 0 Å². The molecule has 0 atom stereocenters. The normalized spacial score (nSPS) is 17.9. The van der Waals surface area contributed by atoms with Gasteiger partial charge in [0.25, 0.3) is 0 Å². The molecule has 1 fully saturated rings. The van der Waals surface area contributed by atoms with Crippen LogP contribution in [0.15, 0.2) is 23.1 Å². The van der Waals surface area contributed by atoms with Crippen LogP contribution in [0.1, 0.15) is 37.2 Å². The number of benzene rings is 1. The van der Waals surface area contributed by atoms with Gasteiger partial charge in [-0.25, -0.2) is 0 Å². The molecule has 1 N–H and O–H groups in total. The first-order valence-corrected chi connectivity index (χ1v) is 5.24. The molecule has 0 aromatic heterocycles. The van der Waals surface area contributed by atoms with Gasteiger partial charge in [0.05, 0.1) is 0 Å². The first-order valence-electron chi connectivity index (χ1n) is 4.79. The van der Waals surface area contributed by atoms with Crippen LogP contribution in [0.5, 0.6) is 5.75 Å². The van der Waals surface area contributed by atoms with E-state index in [2.05, 4.69) is 12.6 Å². The third-order valence-corrected chi connectivity index (χ3v) is 3.18. The molecule has 0 heterocycles. The van der Waals surface area contributed by atoms with E-state index in [9.17, 15) is 5.11 Å². The molecule has 1 aromatic rings. The lowest BCUT2D eigenvalue weighted by Gasteiger charge is -2.10. The minimum Gasteiger partial charge on any atom is -0.507 e. The zero-order chi connectivity index (χ0) is 9.26. The molecule has 0 unspecified atom stereocenters. The Morgan fingerprint density at radius 2 is 1.92 bits per heavy atom. The predicted octanol–water partition coefficient (Wildman–Crippen LogP) is 3.34. The fraction of sp³-hybridized carbons (Fsp3) is 0.455. The molecule has 1 aliphatic rings. The van der Waals surface area contributed by atoms with E-state index in [1.165, 1.54) is 31.2 Å². The summed E-state index contributed by atoms with van der Waals surface area (Å²) in [4.78, 5) is 0.699. The van der Waals surface area contributed by atoms with Crippen LogP contribution in [-0.4, -0.2) is 5.11 Å². The molecule has 2 rings (SSSR count). The molecular formula is C11H14OS. The Morgan fingerprint density at radius 3 is 2.54 bits per heavy atom. The maximum atomic E-state index is 9.31. The number of hydrogen-bond acceptors (Lipinski definition) is 2. The Hall–Kier alpha value is -0.630. The number of thiol groups is 1. The summed E-state index contributed by atoms with van der Waals surface area (Å²) in [5.41, 5.74) is 1.33. The molecule has 0 amide bonds. The van der Waals surface area contributed by atoms with Gasteiger partial charge in [0, 0.05) is 4.90 Å². The van der Waals surface area contributed by atoms with Gasteiger partial charge in [-0.15, -0.1) is 12.6 Å². The van der Waals surface area contributed by atoms with Crippen LogP contribution in [0.2, 0.25) is 0 Å². The van der Waals surface area contributed by atoms with E-state index in [1.807, 2.05) is 12.1 Å². The van der Waals surface area contributed by atoms with Crippen molar-refractivity contribution in [3.05, 3.63) is 23.8 Å². The van der Waals surface area contributed by atoms with Gasteiger partial charge in [0.1, 0.15) is 5.75 Å². The highest BCUT2D eigenvalue weighted by Gasteiger charge is 2.17.